The summed E-state index contributed by atoms with van der Waals surface area (Å²) in [4.78, 5) is 5.45. The topological polar surface area (TPSA) is 67.7 Å². The molecule has 2 rings (SSSR count). The second kappa shape index (κ2) is 6.61. The fourth-order valence-corrected chi connectivity index (χ4v) is 3.07. The van der Waals surface area contributed by atoms with Gasteiger partial charge >= 0.3 is 0 Å². The Bertz CT molecular complexity index is 604. The summed E-state index contributed by atoms with van der Waals surface area (Å²) in [6.07, 6.45) is 5.69. The number of aryl methyl sites for hydroxylation is 1. The van der Waals surface area contributed by atoms with Gasteiger partial charge < -0.3 is 10.3 Å². The molecule has 3 N–H and O–H groups in total. The summed E-state index contributed by atoms with van der Waals surface area (Å²) in [6.45, 7) is 4.23. The van der Waals surface area contributed by atoms with Gasteiger partial charge in [-0.25, -0.2) is 4.98 Å². The fourth-order valence-electron chi connectivity index (χ4n) is 2.23. The van der Waals surface area contributed by atoms with Gasteiger partial charge in [0, 0.05) is 23.7 Å². The Morgan fingerprint density at radius 1 is 1.40 bits per heavy atom. The van der Waals surface area contributed by atoms with Gasteiger partial charge in [-0.3, -0.25) is 5.41 Å². The van der Waals surface area contributed by atoms with Gasteiger partial charge in [-0.1, -0.05) is 19.9 Å². The van der Waals surface area contributed by atoms with Gasteiger partial charge in [-0.15, -0.1) is 11.8 Å². The number of imidazole rings is 1. The monoisotopic (exact) mass is 288 g/mol. The third-order valence-corrected chi connectivity index (χ3v) is 3.96. The summed E-state index contributed by atoms with van der Waals surface area (Å²) >= 11 is 1.71. The number of aromatic nitrogens is 2. The summed E-state index contributed by atoms with van der Waals surface area (Å²) in [5.41, 5.74) is 7.55. The Hall–Kier alpha value is -1.75. The first-order valence-corrected chi connectivity index (χ1v) is 7.80. The van der Waals surface area contributed by atoms with E-state index >= 15 is 0 Å². The van der Waals surface area contributed by atoms with Crippen LogP contribution >= 0.6 is 11.8 Å². The minimum absolute atomic E-state index is 0.104. The molecule has 20 heavy (non-hydrogen) atoms. The van der Waals surface area contributed by atoms with E-state index in [4.69, 9.17) is 11.1 Å². The minimum Gasteiger partial charge on any atom is -0.384 e. The lowest BCUT2D eigenvalue weighted by Crippen LogP contribution is -2.17. The molecule has 0 bridgehead atoms. The highest BCUT2D eigenvalue weighted by Gasteiger charge is 2.14. The van der Waals surface area contributed by atoms with E-state index in [9.17, 15) is 0 Å². The van der Waals surface area contributed by atoms with Crippen LogP contribution in [0.5, 0.6) is 0 Å². The predicted octanol–water partition coefficient (Wildman–Crippen LogP) is 3.22. The lowest BCUT2D eigenvalue weighted by atomic mass is 10.1. The Balaban J connectivity index is 2.58. The van der Waals surface area contributed by atoms with Gasteiger partial charge in [0.1, 0.15) is 11.7 Å². The maximum Gasteiger partial charge on any atom is 0.126 e. The van der Waals surface area contributed by atoms with Crippen molar-refractivity contribution in [2.45, 2.75) is 31.6 Å². The zero-order chi connectivity index (χ0) is 14.5. The standard InChI is InChI=1S/C15H20N4S/c1-3-6-13-18-9-10-19(13)11-7-5-8-12(20-4-2)14(11)15(16)17/h5,7-10H,3-4,6H2,1-2H3,(H3,16,17). The Morgan fingerprint density at radius 3 is 2.85 bits per heavy atom. The Kier molecular flexibility index (Phi) is 4.84. The molecule has 2 aromatic rings. The summed E-state index contributed by atoms with van der Waals surface area (Å²) < 4.78 is 2.04. The van der Waals surface area contributed by atoms with E-state index in [1.807, 2.05) is 29.0 Å². The predicted molar refractivity (Wildman–Crippen MR) is 85.0 cm³/mol. The number of hydrogen-bond donors (Lipinski definition) is 2. The van der Waals surface area contributed by atoms with Crippen LogP contribution in [0.2, 0.25) is 0 Å². The Morgan fingerprint density at radius 2 is 2.20 bits per heavy atom. The number of nitrogens with zero attached hydrogens (tertiary/aromatic N) is 2. The molecule has 0 radical (unpaired) electrons. The summed E-state index contributed by atoms with van der Waals surface area (Å²) in [6, 6.07) is 6.03. The molecule has 1 heterocycles. The fraction of sp³-hybridized carbons (Fsp3) is 0.333. The van der Waals surface area contributed by atoms with Crippen LogP contribution in [0.4, 0.5) is 0 Å². The van der Waals surface area contributed by atoms with E-state index in [1.165, 1.54) is 0 Å². The van der Waals surface area contributed by atoms with Crippen LogP contribution in [0.1, 0.15) is 31.7 Å². The highest BCUT2D eigenvalue weighted by atomic mass is 32.2. The third kappa shape index (κ3) is 2.88. The van der Waals surface area contributed by atoms with Gasteiger partial charge in [0.15, 0.2) is 0 Å². The van der Waals surface area contributed by atoms with Crippen LogP contribution in [0.3, 0.4) is 0 Å². The van der Waals surface area contributed by atoms with Gasteiger partial charge in [0.05, 0.1) is 11.3 Å². The molecule has 0 aliphatic rings. The molecular weight excluding hydrogens is 268 g/mol. The zero-order valence-electron chi connectivity index (χ0n) is 11.9. The van der Waals surface area contributed by atoms with Gasteiger partial charge in [0.25, 0.3) is 0 Å². The van der Waals surface area contributed by atoms with Crippen molar-refractivity contribution < 1.29 is 0 Å². The number of benzene rings is 1. The van der Waals surface area contributed by atoms with Gasteiger partial charge in [-0.2, -0.15) is 0 Å². The van der Waals surface area contributed by atoms with Crippen molar-refractivity contribution in [3.8, 4) is 5.69 Å². The van der Waals surface area contributed by atoms with Gasteiger partial charge in [0.2, 0.25) is 0 Å². The smallest absolute Gasteiger partial charge is 0.126 e. The molecule has 0 amide bonds. The van der Waals surface area contributed by atoms with Crippen LogP contribution in [-0.2, 0) is 6.42 Å². The molecule has 0 aliphatic carbocycles. The van der Waals surface area contributed by atoms with Crippen LogP contribution in [-0.4, -0.2) is 21.1 Å². The molecule has 0 aliphatic heterocycles. The highest BCUT2D eigenvalue weighted by molar-refractivity contribution is 7.99. The number of rotatable bonds is 6. The highest BCUT2D eigenvalue weighted by Crippen LogP contribution is 2.28. The molecule has 0 fully saturated rings. The van der Waals surface area contributed by atoms with Crippen molar-refractivity contribution >= 4 is 17.6 Å². The molecule has 0 saturated carbocycles. The van der Waals surface area contributed by atoms with E-state index in [2.05, 4.69) is 18.8 Å². The molecule has 4 nitrogen and oxygen atoms in total. The number of amidine groups is 1. The minimum atomic E-state index is 0.104. The van der Waals surface area contributed by atoms with E-state index in [0.29, 0.717) is 0 Å². The zero-order valence-corrected chi connectivity index (χ0v) is 12.7. The summed E-state index contributed by atoms with van der Waals surface area (Å²) in [5, 5.41) is 7.90. The lowest BCUT2D eigenvalue weighted by molar-refractivity contribution is 0.807. The van der Waals surface area contributed by atoms with Crippen LogP contribution in [0, 0.1) is 5.41 Å². The first-order chi connectivity index (χ1) is 9.69. The third-order valence-electron chi connectivity index (χ3n) is 3.02. The van der Waals surface area contributed by atoms with Crippen molar-refractivity contribution in [3.05, 3.63) is 42.0 Å². The first kappa shape index (κ1) is 14.7. The normalized spacial score (nSPS) is 10.7. The van der Waals surface area contributed by atoms with E-state index in [0.717, 1.165) is 40.6 Å². The second-order valence-electron chi connectivity index (χ2n) is 4.46. The van der Waals surface area contributed by atoms with Crippen LogP contribution < -0.4 is 5.73 Å². The van der Waals surface area contributed by atoms with Crippen molar-refractivity contribution in [3.63, 3.8) is 0 Å². The maximum atomic E-state index is 7.90. The molecule has 0 spiro atoms. The molecule has 0 saturated heterocycles. The lowest BCUT2D eigenvalue weighted by Gasteiger charge is -2.15. The number of nitrogen functional groups attached to an aromatic ring is 1. The second-order valence-corrected chi connectivity index (χ2v) is 5.77. The Labute approximate surface area is 123 Å². The molecule has 106 valence electrons. The van der Waals surface area contributed by atoms with E-state index < -0.39 is 0 Å². The molecule has 0 atom stereocenters. The van der Waals surface area contributed by atoms with E-state index in [1.54, 1.807) is 18.0 Å². The average molecular weight is 288 g/mol. The van der Waals surface area contributed by atoms with Crippen LogP contribution in [0.25, 0.3) is 5.69 Å². The molecule has 5 heteroatoms. The summed E-state index contributed by atoms with van der Waals surface area (Å²) in [5.74, 6) is 2.07. The average Bonchev–Trinajstić information content (AvgIpc) is 2.87. The van der Waals surface area contributed by atoms with Crippen molar-refractivity contribution in [2.75, 3.05) is 5.75 Å². The quantitative estimate of drug-likeness (QED) is 0.487. The molecule has 0 unspecified atom stereocenters. The van der Waals surface area contributed by atoms with Crippen molar-refractivity contribution in [2.24, 2.45) is 5.73 Å². The van der Waals surface area contributed by atoms with E-state index in [-0.39, 0.29) is 5.84 Å². The van der Waals surface area contributed by atoms with Gasteiger partial charge in [-0.05, 0) is 24.3 Å². The molecule has 1 aromatic carbocycles. The molecular formula is C15H20N4S. The number of hydrogen-bond acceptors (Lipinski definition) is 3. The van der Waals surface area contributed by atoms with Crippen molar-refractivity contribution in [1.82, 2.24) is 9.55 Å². The number of nitrogens with two attached hydrogens (primary N) is 1. The SMILES string of the molecule is CCCc1nccn1-c1cccc(SCC)c1C(=N)N. The largest absolute Gasteiger partial charge is 0.384 e. The number of thioether (sulfide) groups is 1. The maximum absolute atomic E-state index is 7.90. The van der Waals surface area contributed by atoms with Crippen molar-refractivity contribution in [1.29, 1.82) is 5.41 Å². The van der Waals surface area contributed by atoms with Crippen LogP contribution in [0.15, 0.2) is 35.5 Å². The molecule has 1 aromatic heterocycles. The first-order valence-electron chi connectivity index (χ1n) is 6.81. The summed E-state index contributed by atoms with van der Waals surface area (Å²) in [7, 11) is 0. The number of nitrogens with one attached hydrogen (secondary N) is 1.